The van der Waals surface area contributed by atoms with E-state index in [0.29, 0.717) is 6.07 Å². The minimum atomic E-state index is -4.97. The second kappa shape index (κ2) is 5.24. The van der Waals surface area contributed by atoms with Crippen LogP contribution >= 0.6 is 0 Å². The molecule has 0 fully saturated rings. The summed E-state index contributed by atoms with van der Waals surface area (Å²) in [5.74, 6) is -0.953. The van der Waals surface area contributed by atoms with E-state index in [-0.39, 0.29) is 0 Å². The number of benzene rings is 1. The molecule has 0 saturated carbocycles. The molecule has 1 N–H and O–H groups in total. The number of carbonyl (C=O) groups excluding carboxylic acids is 1. The van der Waals surface area contributed by atoms with Crippen molar-refractivity contribution in [3.05, 3.63) is 47.8 Å². The first-order chi connectivity index (χ1) is 9.80. The van der Waals surface area contributed by atoms with Crippen molar-refractivity contribution < 1.29 is 26.7 Å². The molecule has 0 radical (unpaired) electrons. The number of H-pyrrole nitrogens is 1. The molecule has 2 aromatic rings. The Labute approximate surface area is 118 Å². The van der Waals surface area contributed by atoms with Gasteiger partial charge in [-0.25, -0.2) is 13.2 Å². The van der Waals surface area contributed by atoms with Crippen LogP contribution < -0.4 is 0 Å². The molecule has 0 aliphatic carbocycles. The van der Waals surface area contributed by atoms with Gasteiger partial charge < -0.3 is 4.74 Å². The van der Waals surface area contributed by atoms with Crippen LogP contribution in [0.3, 0.4) is 0 Å². The molecule has 2 rings (SSSR count). The van der Waals surface area contributed by atoms with Crippen molar-refractivity contribution in [1.82, 2.24) is 10.2 Å². The quantitative estimate of drug-likeness (QED) is 0.868. The fourth-order valence-corrected chi connectivity index (χ4v) is 2.78. The number of aromatic nitrogens is 2. The molecule has 1 aromatic carbocycles. The van der Waals surface area contributed by atoms with Gasteiger partial charge in [-0.05, 0) is 12.1 Å². The van der Waals surface area contributed by atoms with E-state index in [0.717, 1.165) is 19.2 Å². The third-order valence-electron chi connectivity index (χ3n) is 2.68. The summed E-state index contributed by atoms with van der Waals surface area (Å²) in [6.07, 6.45) is 0. The number of carbonyl (C=O) groups is 1. The number of ether oxygens (including phenoxy) is 1. The molecule has 112 valence electrons. The molecule has 1 heterocycles. The molecule has 0 aliphatic rings. The maximum absolute atomic E-state index is 14.2. The molecule has 0 saturated heterocycles. The molecule has 6 nitrogen and oxygen atoms in total. The Hall–Kier alpha value is -2.29. The number of aromatic amines is 1. The van der Waals surface area contributed by atoms with E-state index in [2.05, 4.69) is 9.84 Å². The van der Waals surface area contributed by atoms with Gasteiger partial charge >= 0.3 is 11.2 Å². The topological polar surface area (TPSA) is 89.1 Å². The lowest BCUT2D eigenvalue weighted by molar-refractivity contribution is 0.0594. The highest BCUT2D eigenvalue weighted by atomic mass is 32.2. The van der Waals surface area contributed by atoms with Crippen molar-refractivity contribution in [1.29, 1.82) is 0 Å². The number of sulfone groups is 1. The summed E-state index contributed by atoms with van der Waals surface area (Å²) in [6.45, 7) is 0. The molecule has 0 spiro atoms. The van der Waals surface area contributed by atoms with Gasteiger partial charge in [0.15, 0.2) is 5.69 Å². The van der Waals surface area contributed by atoms with Gasteiger partial charge in [0.25, 0.3) is 0 Å². The summed E-state index contributed by atoms with van der Waals surface area (Å²) in [5, 5.41) is 0.917. The number of halogens is 2. The first kappa shape index (κ1) is 15.1. The van der Waals surface area contributed by atoms with Crippen molar-refractivity contribution in [2.75, 3.05) is 7.11 Å². The highest BCUT2D eigenvalue weighted by Gasteiger charge is 2.49. The van der Waals surface area contributed by atoms with Gasteiger partial charge in [-0.3, -0.25) is 5.10 Å². The molecule has 0 amide bonds. The number of methoxy groups -OCH3 is 1. The predicted octanol–water partition coefficient (Wildman–Crippen LogP) is 1.72. The van der Waals surface area contributed by atoms with Crippen molar-refractivity contribution in [3.63, 3.8) is 0 Å². The van der Waals surface area contributed by atoms with Gasteiger partial charge in [0.05, 0.1) is 12.0 Å². The van der Waals surface area contributed by atoms with Gasteiger partial charge in [-0.1, -0.05) is 18.2 Å². The molecule has 1 aromatic heterocycles. The van der Waals surface area contributed by atoms with Gasteiger partial charge in [0.2, 0.25) is 9.84 Å². The van der Waals surface area contributed by atoms with Gasteiger partial charge in [-0.15, -0.1) is 0 Å². The largest absolute Gasteiger partial charge is 0.464 e. The Balaban J connectivity index is 2.47. The number of hydrogen-bond donors (Lipinski definition) is 1. The molecular formula is C12H10F2N2O4S. The Bertz CT molecular complexity index is 757. The lowest BCUT2D eigenvalue weighted by Crippen LogP contribution is -2.27. The van der Waals surface area contributed by atoms with Crippen LogP contribution in [0, 0.1) is 0 Å². The van der Waals surface area contributed by atoms with Crippen LogP contribution in [-0.4, -0.2) is 31.7 Å². The second-order valence-electron chi connectivity index (χ2n) is 3.99. The number of rotatable bonds is 4. The molecular weight excluding hydrogens is 306 g/mol. The van der Waals surface area contributed by atoms with E-state index in [9.17, 15) is 22.0 Å². The van der Waals surface area contributed by atoms with Gasteiger partial charge in [0, 0.05) is 6.07 Å². The van der Waals surface area contributed by atoms with E-state index >= 15 is 0 Å². The van der Waals surface area contributed by atoms with Crippen LogP contribution in [0.25, 0.3) is 0 Å². The SMILES string of the molecule is COC(=O)c1cc(C(F)(F)S(=O)(=O)c2ccccc2)[nH]n1. The van der Waals surface area contributed by atoms with E-state index in [1.807, 2.05) is 5.10 Å². The zero-order valence-corrected chi connectivity index (χ0v) is 11.5. The van der Waals surface area contributed by atoms with Gasteiger partial charge in [-0.2, -0.15) is 13.9 Å². The zero-order chi connectivity index (χ0) is 15.7. The summed E-state index contributed by atoms with van der Waals surface area (Å²) in [5.41, 5.74) is -1.44. The average molecular weight is 316 g/mol. The fraction of sp³-hybridized carbons (Fsp3) is 0.167. The fourth-order valence-electron chi connectivity index (χ4n) is 1.57. The van der Waals surface area contributed by atoms with Crippen LogP contribution in [0.15, 0.2) is 41.3 Å². The molecule has 21 heavy (non-hydrogen) atoms. The highest BCUT2D eigenvalue weighted by Crippen LogP contribution is 2.37. The summed E-state index contributed by atoms with van der Waals surface area (Å²) >= 11 is 0. The van der Waals surface area contributed by atoms with Crippen molar-refractivity contribution in [3.8, 4) is 0 Å². The lowest BCUT2D eigenvalue weighted by atomic mass is 10.3. The first-order valence-corrected chi connectivity index (χ1v) is 7.10. The summed E-state index contributed by atoms with van der Waals surface area (Å²) < 4.78 is 56.7. The Kier molecular flexibility index (Phi) is 3.77. The van der Waals surface area contributed by atoms with E-state index in [4.69, 9.17) is 0 Å². The molecule has 0 atom stereocenters. The van der Waals surface area contributed by atoms with E-state index in [1.165, 1.54) is 18.2 Å². The summed E-state index contributed by atoms with van der Waals surface area (Å²) in [7, 11) is -3.92. The highest BCUT2D eigenvalue weighted by molar-refractivity contribution is 7.92. The predicted molar refractivity (Wildman–Crippen MR) is 67.4 cm³/mol. The van der Waals surface area contributed by atoms with E-state index in [1.54, 1.807) is 0 Å². The van der Waals surface area contributed by atoms with Crippen molar-refractivity contribution in [2.24, 2.45) is 0 Å². The van der Waals surface area contributed by atoms with Crippen molar-refractivity contribution in [2.45, 2.75) is 10.2 Å². The van der Waals surface area contributed by atoms with Crippen LogP contribution in [0.4, 0.5) is 8.78 Å². The number of alkyl halides is 2. The molecule has 0 bridgehead atoms. The number of esters is 1. The van der Waals surface area contributed by atoms with Crippen LogP contribution in [0.2, 0.25) is 0 Å². The molecule has 0 aliphatic heterocycles. The normalized spacial score (nSPS) is 12.1. The van der Waals surface area contributed by atoms with Crippen molar-refractivity contribution >= 4 is 15.8 Å². The third kappa shape index (κ3) is 2.51. The third-order valence-corrected chi connectivity index (χ3v) is 4.46. The van der Waals surface area contributed by atoms with E-state index < -0.39 is 37.3 Å². The molecule has 9 heteroatoms. The van der Waals surface area contributed by atoms with Gasteiger partial charge in [0.1, 0.15) is 5.69 Å². The summed E-state index contributed by atoms with van der Waals surface area (Å²) in [4.78, 5) is 10.6. The smallest absolute Gasteiger partial charge is 0.390 e. The Morgan fingerprint density at radius 3 is 2.48 bits per heavy atom. The van der Waals surface area contributed by atoms with Crippen LogP contribution in [0.5, 0.6) is 0 Å². The summed E-state index contributed by atoms with van der Waals surface area (Å²) in [6, 6.07) is 6.92. The van der Waals surface area contributed by atoms with Crippen LogP contribution in [0.1, 0.15) is 16.2 Å². The zero-order valence-electron chi connectivity index (χ0n) is 10.7. The maximum atomic E-state index is 14.2. The minimum absolute atomic E-state index is 0.435. The number of hydrogen-bond acceptors (Lipinski definition) is 5. The second-order valence-corrected chi connectivity index (χ2v) is 5.98. The average Bonchev–Trinajstić information content (AvgIpc) is 2.97. The molecule has 0 unspecified atom stereocenters. The maximum Gasteiger partial charge on any atom is 0.390 e. The Morgan fingerprint density at radius 2 is 1.90 bits per heavy atom. The number of nitrogens with zero attached hydrogens (tertiary/aromatic N) is 1. The monoisotopic (exact) mass is 316 g/mol. The number of nitrogens with one attached hydrogen (secondary N) is 1. The van der Waals surface area contributed by atoms with Crippen LogP contribution in [-0.2, 0) is 19.8 Å². The minimum Gasteiger partial charge on any atom is -0.464 e. The first-order valence-electron chi connectivity index (χ1n) is 5.62. The Morgan fingerprint density at radius 1 is 1.29 bits per heavy atom. The lowest BCUT2D eigenvalue weighted by Gasteiger charge is -2.15. The standard InChI is InChI=1S/C12H10F2N2O4S/c1-20-11(17)9-7-10(16-15-9)12(13,14)21(18,19)8-5-3-2-4-6-8/h2-7H,1H3,(H,15,16).